The van der Waals surface area contributed by atoms with Crippen LogP contribution in [0.5, 0.6) is 0 Å². The molecule has 2 heterocycles. The molecule has 130 valence electrons. The summed E-state index contributed by atoms with van der Waals surface area (Å²) >= 11 is 0. The van der Waals surface area contributed by atoms with E-state index in [2.05, 4.69) is 27.4 Å². The molecule has 1 aliphatic heterocycles. The van der Waals surface area contributed by atoms with Crippen molar-refractivity contribution >= 4 is 11.7 Å². The number of anilines is 1. The first-order valence-electron chi connectivity index (χ1n) is 9.04. The summed E-state index contributed by atoms with van der Waals surface area (Å²) in [5.74, 6) is 0. The number of likely N-dealkylation sites (tertiary alicyclic amines) is 1. The van der Waals surface area contributed by atoms with Crippen LogP contribution in [-0.4, -0.2) is 40.6 Å². The summed E-state index contributed by atoms with van der Waals surface area (Å²) in [6.07, 6.45) is 5.37. The molecule has 5 nitrogen and oxygen atoms in total. The molecular formula is C20H24N4O. The number of hydrogen-bond donors (Lipinski definition) is 2. The predicted octanol–water partition coefficient (Wildman–Crippen LogP) is 3.50. The van der Waals surface area contributed by atoms with Gasteiger partial charge in [0.05, 0.1) is 5.69 Å². The van der Waals surface area contributed by atoms with Crippen molar-refractivity contribution in [2.75, 3.05) is 11.9 Å². The minimum absolute atomic E-state index is 0.139. The summed E-state index contributed by atoms with van der Waals surface area (Å²) in [6, 6.07) is 15.1. The van der Waals surface area contributed by atoms with E-state index in [0.717, 1.165) is 36.0 Å². The van der Waals surface area contributed by atoms with Gasteiger partial charge in [-0.1, -0.05) is 30.3 Å². The van der Waals surface area contributed by atoms with E-state index in [9.17, 15) is 4.79 Å². The molecule has 2 aromatic rings. The van der Waals surface area contributed by atoms with Crippen molar-refractivity contribution in [3.8, 4) is 11.3 Å². The molecule has 2 atom stereocenters. The van der Waals surface area contributed by atoms with Crippen LogP contribution in [0.1, 0.15) is 26.2 Å². The zero-order chi connectivity index (χ0) is 17.2. The van der Waals surface area contributed by atoms with E-state index in [1.54, 1.807) is 6.20 Å². The second-order valence-corrected chi connectivity index (χ2v) is 7.10. The SMILES string of the molecule is CC1CC(NC(=O)Nc2ccnc(-c3ccccc3)c2)CN1C1CC1. The van der Waals surface area contributed by atoms with Crippen LogP contribution in [0.2, 0.25) is 0 Å². The molecule has 2 unspecified atom stereocenters. The van der Waals surface area contributed by atoms with Crippen LogP contribution in [0.15, 0.2) is 48.7 Å². The molecule has 2 aliphatic rings. The fourth-order valence-electron chi connectivity index (χ4n) is 3.70. The van der Waals surface area contributed by atoms with Gasteiger partial charge in [-0.3, -0.25) is 9.88 Å². The Bertz CT molecular complexity index is 744. The first kappa shape index (κ1) is 16.1. The van der Waals surface area contributed by atoms with Gasteiger partial charge in [-0.25, -0.2) is 4.79 Å². The summed E-state index contributed by atoms with van der Waals surface area (Å²) in [5.41, 5.74) is 2.65. The Balaban J connectivity index is 1.36. The molecule has 2 fully saturated rings. The largest absolute Gasteiger partial charge is 0.334 e. The van der Waals surface area contributed by atoms with Crippen molar-refractivity contribution < 1.29 is 4.79 Å². The third kappa shape index (κ3) is 3.82. The van der Waals surface area contributed by atoms with Crippen molar-refractivity contribution in [2.24, 2.45) is 0 Å². The highest BCUT2D eigenvalue weighted by atomic mass is 16.2. The number of carbonyl (C=O) groups is 1. The smallest absolute Gasteiger partial charge is 0.319 e. The van der Waals surface area contributed by atoms with Gasteiger partial charge >= 0.3 is 6.03 Å². The predicted molar refractivity (Wildman–Crippen MR) is 99.4 cm³/mol. The summed E-state index contributed by atoms with van der Waals surface area (Å²) < 4.78 is 0. The maximum Gasteiger partial charge on any atom is 0.319 e. The Morgan fingerprint density at radius 2 is 2.00 bits per heavy atom. The van der Waals surface area contributed by atoms with Crippen molar-refractivity contribution in [2.45, 2.75) is 44.3 Å². The van der Waals surface area contributed by atoms with Crippen LogP contribution in [-0.2, 0) is 0 Å². The second-order valence-electron chi connectivity index (χ2n) is 7.10. The van der Waals surface area contributed by atoms with Crippen molar-refractivity contribution in [3.05, 3.63) is 48.7 Å². The van der Waals surface area contributed by atoms with E-state index in [1.807, 2.05) is 42.5 Å². The number of nitrogens with one attached hydrogen (secondary N) is 2. The van der Waals surface area contributed by atoms with E-state index in [0.29, 0.717) is 6.04 Å². The molecule has 1 aromatic heterocycles. The zero-order valence-electron chi connectivity index (χ0n) is 14.5. The molecule has 2 N–H and O–H groups in total. The number of amides is 2. The standard InChI is InChI=1S/C20H24N4O/c1-14-11-17(13-24(14)18-7-8-18)23-20(25)22-16-9-10-21-19(12-16)15-5-3-2-4-6-15/h2-6,9-10,12,14,17-18H,7-8,11,13H2,1H3,(H2,21,22,23,25). The summed E-state index contributed by atoms with van der Waals surface area (Å²) in [5, 5.41) is 6.06. The van der Waals surface area contributed by atoms with E-state index >= 15 is 0 Å². The topological polar surface area (TPSA) is 57.3 Å². The number of pyridine rings is 1. The number of aromatic nitrogens is 1. The Morgan fingerprint density at radius 3 is 2.76 bits per heavy atom. The van der Waals surface area contributed by atoms with Gasteiger partial charge in [0.2, 0.25) is 0 Å². The van der Waals surface area contributed by atoms with Gasteiger partial charge in [0.25, 0.3) is 0 Å². The molecule has 2 amide bonds. The summed E-state index contributed by atoms with van der Waals surface area (Å²) in [4.78, 5) is 19.3. The van der Waals surface area contributed by atoms with Gasteiger partial charge in [0, 0.05) is 42.1 Å². The molecule has 1 saturated heterocycles. The van der Waals surface area contributed by atoms with E-state index < -0.39 is 0 Å². The second kappa shape index (κ2) is 6.84. The molecule has 0 radical (unpaired) electrons. The Hall–Kier alpha value is -2.40. The van der Waals surface area contributed by atoms with Gasteiger partial charge in [0.1, 0.15) is 0 Å². The first-order chi connectivity index (χ1) is 12.2. The third-order valence-corrected chi connectivity index (χ3v) is 5.06. The lowest BCUT2D eigenvalue weighted by molar-refractivity contribution is 0.243. The normalized spacial score (nSPS) is 23.4. The van der Waals surface area contributed by atoms with Crippen molar-refractivity contribution in [1.82, 2.24) is 15.2 Å². The Morgan fingerprint density at radius 1 is 1.20 bits per heavy atom. The zero-order valence-corrected chi connectivity index (χ0v) is 14.5. The van der Waals surface area contributed by atoms with Crippen molar-refractivity contribution in [1.29, 1.82) is 0 Å². The quantitative estimate of drug-likeness (QED) is 0.898. The molecule has 25 heavy (non-hydrogen) atoms. The molecule has 5 heteroatoms. The van der Waals surface area contributed by atoms with Crippen LogP contribution in [0.3, 0.4) is 0 Å². The number of hydrogen-bond acceptors (Lipinski definition) is 3. The highest BCUT2D eigenvalue weighted by molar-refractivity contribution is 5.90. The maximum atomic E-state index is 12.4. The van der Waals surface area contributed by atoms with Gasteiger partial charge in [-0.15, -0.1) is 0 Å². The number of nitrogens with zero attached hydrogens (tertiary/aromatic N) is 2. The number of benzene rings is 1. The Kier molecular flexibility index (Phi) is 4.40. The lowest BCUT2D eigenvalue weighted by atomic mass is 10.1. The van der Waals surface area contributed by atoms with E-state index in [1.165, 1.54) is 12.8 Å². The summed E-state index contributed by atoms with van der Waals surface area (Å²) in [7, 11) is 0. The highest BCUT2D eigenvalue weighted by Gasteiger charge is 2.39. The van der Waals surface area contributed by atoms with Crippen LogP contribution in [0.4, 0.5) is 10.5 Å². The molecule has 1 aromatic carbocycles. The Labute approximate surface area is 148 Å². The number of rotatable bonds is 4. The van der Waals surface area contributed by atoms with Crippen molar-refractivity contribution in [3.63, 3.8) is 0 Å². The average molecular weight is 336 g/mol. The lowest BCUT2D eigenvalue weighted by Crippen LogP contribution is -2.40. The monoisotopic (exact) mass is 336 g/mol. The minimum atomic E-state index is -0.139. The molecule has 1 aliphatic carbocycles. The van der Waals surface area contributed by atoms with Gasteiger partial charge < -0.3 is 10.6 Å². The van der Waals surface area contributed by atoms with Crippen LogP contribution >= 0.6 is 0 Å². The van der Waals surface area contributed by atoms with Crippen LogP contribution < -0.4 is 10.6 Å². The van der Waals surface area contributed by atoms with Gasteiger partial charge in [-0.05, 0) is 38.3 Å². The molecule has 4 rings (SSSR count). The third-order valence-electron chi connectivity index (χ3n) is 5.06. The minimum Gasteiger partial charge on any atom is -0.334 e. The average Bonchev–Trinajstić information content (AvgIpc) is 3.39. The highest BCUT2D eigenvalue weighted by Crippen LogP contribution is 2.33. The van der Waals surface area contributed by atoms with E-state index in [4.69, 9.17) is 0 Å². The van der Waals surface area contributed by atoms with Gasteiger partial charge in [0.15, 0.2) is 0 Å². The molecule has 0 bridgehead atoms. The molecule has 1 saturated carbocycles. The van der Waals surface area contributed by atoms with Crippen LogP contribution in [0.25, 0.3) is 11.3 Å². The first-order valence-corrected chi connectivity index (χ1v) is 9.04. The van der Waals surface area contributed by atoms with E-state index in [-0.39, 0.29) is 12.1 Å². The van der Waals surface area contributed by atoms with Gasteiger partial charge in [-0.2, -0.15) is 0 Å². The van der Waals surface area contributed by atoms with Crippen LogP contribution in [0, 0.1) is 0 Å². The lowest BCUT2D eigenvalue weighted by Gasteiger charge is -2.19. The summed E-state index contributed by atoms with van der Waals surface area (Å²) in [6.45, 7) is 3.22. The molecule has 0 spiro atoms. The fraction of sp³-hybridized carbons (Fsp3) is 0.400. The fourth-order valence-corrected chi connectivity index (χ4v) is 3.70. The maximum absolute atomic E-state index is 12.4. The number of urea groups is 1. The number of carbonyl (C=O) groups excluding carboxylic acids is 1. The molecular weight excluding hydrogens is 312 g/mol.